The fourth-order valence-electron chi connectivity index (χ4n) is 4.70. The molecule has 0 saturated heterocycles. The van der Waals surface area contributed by atoms with Gasteiger partial charge in [0.1, 0.15) is 6.29 Å². The largest absolute Gasteiger partial charge is 0.424 e. The Hall–Kier alpha value is -1.71. The van der Waals surface area contributed by atoms with E-state index in [1.807, 2.05) is 36.4 Å². The molecule has 1 fully saturated rings. The van der Waals surface area contributed by atoms with Gasteiger partial charge in [0.2, 0.25) is 0 Å². The molecule has 0 heterocycles. The Kier molecular flexibility index (Phi) is 5.78. The SMILES string of the molecule is CC(C)(C[C@H]1CC[C@H](C=O)CC1)[Si](O)(c1ccccc1)c1ccccc1. The zero-order valence-corrected chi connectivity index (χ0v) is 16.9. The van der Waals surface area contributed by atoms with Gasteiger partial charge >= 0.3 is 0 Å². The van der Waals surface area contributed by atoms with Gasteiger partial charge in [0.05, 0.1) is 0 Å². The molecule has 2 nitrogen and oxygen atoms in total. The fourth-order valence-corrected chi connectivity index (χ4v) is 8.53. The second-order valence-electron chi connectivity index (χ2n) is 8.45. The monoisotopic (exact) mass is 366 g/mol. The van der Waals surface area contributed by atoms with Crippen molar-refractivity contribution in [1.29, 1.82) is 0 Å². The maximum atomic E-state index is 12.2. The first-order chi connectivity index (χ1) is 12.5. The molecule has 3 rings (SSSR count). The maximum Gasteiger partial charge on any atom is 0.258 e. The van der Waals surface area contributed by atoms with Crippen LogP contribution in [0.4, 0.5) is 0 Å². The summed E-state index contributed by atoms with van der Waals surface area (Å²) in [4.78, 5) is 23.2. The Bertz CT molecular complexity index is 664. The Morgan fingerprint density at radius 3 is 1.81 bits per heavy atom. The fraction of sp³-hybridized carbons (Fsp3) is 0.435. The highest BCUT2D eigenvalue weighted by molar-refractivity contribution is 6.98. The van der Waals surface area contributed by atoms with E-state index in [1.165, 1.54) is 0 Å². The summed E-state index contributed by atoms with van der Waals surface area (Å²) >= 11 is 0. The van der Waals surface area contributed by atoms with E-state index in [0.29, 0.717) is 5.92 Å². The highest BCUT2D eigenvalue weighted by Crippen LogP contribution is 2.45. The molecular weight excluding hydrogens is 336 g/mol. The van der Waals surface area contributed by atoms with Crippen molar-refractivity contribution >= 4 is 25.0 Å². The summed E-state index contributed by atoms with van der Waals surface area (Å²) < 4.78 is 0. The van der Waals surface area contributed by atoms with Crippen LogP contribution in [0.5, 0.6) is 0 Å². The van der Waals surface area contributed by atoms with E-state index >= 15 is 0 Å². The van der Waals surface area contributed by atoms with Gasteiger partial charge in [0, 0.05) is 5.92 Å². The third-order valence-corrected chi connectivity index (χ3v) is 10.7. The van der Waals surface area contributed by atoms with Gasteiger partial charge in [0.25, 0.3) is 8.32 Å². The van der Waals surface area contributed by atoms with Crippen LogP contribution in [0.3, 0.4) is 0 Å². The molecule has 0 bridgehead atoms. The molecule has 26 heavy (non-hydrogen) atoms. The van der Waals surface area contributed by atoms with Crippen molar-refractivity contribution in [3.63, 3.8) is 0 Å². The molecule has 138 valence electrons. The summed E-state index contributed by atoms with van der Waals surface area (Å²) in [7, 11) is -2.91. The normalized spacial score (nSPS) is 21.3. The molecule has 1 aliphatic carbocycles. The Morgan fingerprint density at radius 1 is 0.923 bits per heavy atom. The molecule has 0 unspecified atom stereocenters. The Labute approximate surface area is 158 Å². The topological polar surface area (TPSA) is 37.3 Å². The van der Waals surface area contributed by atoms with E-state index < -0.39 is 8.32 Å². The smallest absolute Gasteiger partial charge is 0.258 e. The van der Waals surface area contributed by atoms with Crippen molar-refractivity contribution in [2.24, 2.45) is 11.8 Å². The lowest BCUT2D eigenvalue weighted by atomic mass is 9.79. The van der Waals surface area contributed by atoms with E-state index in [9.17, 15) is 9.59 Å². The molecule has 1 saturated carbocycles. The van der Waals surface area contributed by atoms with Crippen LogP contribution in [0.15, 0.2) is 60.7 Å². The van der Waals surface area contributed by atoms with Gasteiger partial charge in [-0.05, 0) is 53.4 Å². The molecule has 2 aromatic carbocycles. The number of rotatable bonds is 6. The summed E-state index contributed by atoms with van der Waals surface area (Å²) in [5, 5.41) is 1.98. The zero-order chi connectivity index (χ0) is 18.6. The first-order valence-electron chi connectivity index (χ1n) is 9.76. The summed E-state index contributed by atoms with van der Waals surface area (Å²) in [6.45, 7) is 4.48. The number of hydrogen-bond donors (Lipinski definition) is 1. The lowest BCUT2D eigenvalue weighted by Crippen LogP contribution is -2.65. The maximum absolute atomic E-state index is 12.2. The summed E-state index contributed by atoms with van der Waals surface area (Å²) in [5.41, 5.74) is 0. The van der Waals surface area contributed by atoms with Gasteiger partial charge in [-0.25, -0.2) is 0 Å². The van der Waals surface area contributed by atoms with Gasteiger partial charge in [-0.15, -0.1) is 0 Å². The number of hydrogen-bond acceptors (Lipinski definition) is 2. The van der Waals surface area contributed by atoms with E-state index in [1.54, 1.807) is 0 Å². The molecule has 1 N–H and O–H groups in total. The standard InChI is InChI=1S/C23H30O2Si/c1-23(2,17-19-13-15-20(18-24)16-14-19)26(25,21-9-5-3-6-10-21)22-11-7-4-8-12-22/h3-12,18-20,25H,13-17H2,1-2H3/t19-,20-. The first kappa shape index (κ1) is 19.1. The highest BCUT2D eigenvalue weighted by atomic mass is 28.4. The summed E-state index contributed by atoms with van der Waals surface area (Å²) in [6.07, 6.45) is 6.33. The van der Waals surface area contributed by atoms with Crippen molar-refractivity contribution in [2.45, 2.75) is 51.0 Å². The quantitative estimate of drug-likeness (QED) is 0.621. The van der Waals surface area contributed by atoms with Gasteiger partial charge in [-0.2, -0.15) is 0 Å². The van der Waals surface area contributed by atoms with Crippen molar-refractivity contribution in [3.8, 4) is 0 Å². The molecule has 0 spiro atoms. The van der Waals surface area contributed by atoms with E-state index in [2.05, 4.69) is 38.1 Å². The highest BCUT2D eigenvalue weighted by Gasteiger charge is 2.50. The van der Waals surface area contributed by atoms with E-state index in [-0.39, 0.29) is 11.0 Å². The first-order valence-corrected chi connectivity index (χ1v) is 11.7. The van der Waals surface area contributed by atoms with Crippen molar-refractivity contribution < 1.29 is 9.59 Å². The lowest BCUT2D eigenvalue weighted by Gasteiger charge is -2.44. The second kappa shape index (κ2) is 7.89. The summed E-state index contributed by atoms with van der Waals surface area (Å²) in [5.74, 6) is 0.835. The molecule has 0 amide bonds. The third-order valence-electron chi connectivity index (χ3n) is 6.25. The molecule has 0 aliphatic heterocycles. The van der Waals surface area contributed by atoms with Crippen molar-refractivity contribution in [2.75, 3.05) is 0 Å². The van der Waals surface area contributed by atoms with Crippen LogP contribution in [0.25, 0.3) is 0 Å². The molecular formula is C23H30O2Si. The Morgan fingerprint density at radius 2 is 1.38 bits per heavy atom. The molecule has 3 heteroatoms. The average molecular weight is 367 g/mol. The van der Waals surface area contributed by atoms with Crippen LogP contribution in [-0.2, 0) is 4.79 Å². The molecule has 0 aromatic heterocycles. The van der Waals surface area contributed by atoms with Crippen LogP contribution < -0.4 is 10.4 Å². The molecule has 0 atom stereocenters. The molecule has 1 aliphatic rings. The third kappa shape index (κ3) is 3.69. The van der Waals surface area contributed by atoms with Crippen LogP contribution in [0.2, 0.25) is 5.04 Å². The number of aldehydes is 1. The minimum Gasteiger partial charge on any atom is -0.424 e. The average Bonchev–Trinajstić information content (AvgIpc) is 2.69. The van der Waals surface area contributed by atoms with Crippen LogP contribution in [0, 0.1) is 11.8 Å². The molecule has 0 radical (unpaired) electrons. The number of benzene rings is 2. The van der Waals surface area contributed by atoms with Crippen molar-refractivity contribution in [3.05, 3.63) is 60.7 Å². The van der Waals surface area contributed by atoms with Crippen LogP contribution >= 0.6 is 0 Å². The van der Waals surface area contributed by atoms with Crippen LogP contribution in [-0.4, -0.2) is 19.4 Å². The minimum absolute atomic E-state index is 0.186. The minimum atomic E-state index is -2.91. The van der Waals surface area contributed by atoms with Gasteiger partial charge < -0.3 is 9.59 Å². The Balaban J connectivity index is 1.92. The van der Waals surface area contributed by atoms with Crippen molar-refractivity contribution in [1.82, 2.24) is 0 Å². The van der Waals surface area contributed by atoms with Gasteiger partial charge in [0.15, 0.2) is 0 Å². The van der Waals surface area contributed by atoms with E-state index in [4.69, 9.17) is 0 Å². The van der Waals surface area contributed by atoms with Crippen LogP contribution in [0.1, 0.15) is 46.0 Å². The van der Waals surface area contributed by atoms with E-state index in [0.717, 1.165) is 48.8 Å². The summed E-state index contributed by atoms with van der Waals surface area (Å²) in [6, 6.07) is 20.5. The molecule has 2 aromatic rings. The second-order valence-corrected chi connectivity index (χ2v) is 12.4. The predicted octanol–water partition coefficient (Wildman–Crippen LogP) is 3.91. The number of carbonyl (C=O) groups excluding carboxylic acids is 1. The lowest BCUT2D eigenvalue weighted by molar-refractivity contribution is -0.112. The van der Waals surface area contributed by atoms with Gasteiger partial charge in [-0.1, -0.05) is 74.5 Å². The van der Waals surface area contributed by atoms with Gasteiger partial charge in [-0.3, -0.25) is 0 Å². The zero-order valence-electron chi connectivity index (χ0n) is 15.9. The predicted molar refractivity (Wildman–Crippen MR) is 110 cm³/mol. The number of carbonyl (C=O) groups is 1.